The fourth-order valence-corrected chi connectivity index (χ4v) is 4.02. The Morgan fingerprint density at radius 3 is 2.37 bits per heavy atom. The molecule has 4 aromatic rings. The molecule has 3 aromatic carbocycles. The molecule has 0 aliphatic rings. The molecule has 8 heteroatoms. The van der Waals surface area contributed by atoms with E-state index in [1.165, 1.54) is 21.7 Å². The maximum absolute atomic E-state index is 15.1. The van der Waals surface area contributed by atoms with Crippen molar-refractivity contribution in [1.29, 1.82) is 0 Å². The van der Waals surface area contributed by atoms with Gasteiger partial charge >= 0.3 is 0 Å². The van der Waals surface area contributed by atoms with E-state index in [1.807, 2.05) is 58.0 Å². The minimum Gasteiger partial charge on any atom is -0.349 e. The third-order valence-electron chi connectivity index (χ3n) is 5.55. The Labute approximate surface area is 203 Å². The molecule has 0 saturated carbocycles. The van der Waals surface area contributed by atoms with E-state index in [0.717, 1.165) is 5.56 Å². The van der Waals surface area contributed by atoms with Crippen LogP contribution in [0, 0.1) is 12.7 Å². The van der Waals surface area contributed by atoms with Crippen LogP contribution in [0.4, 0.5) is 10.1 Å². The molecule has 1 heterocycles. The van der Waals surface area contributed by atoms with Gasteiger partial charge in [0.1, 0.15) is 23.9 Å². The number of benzene rings is 3. The minimum absolute atomic E-state index is 0.106. The van der Waals surface area contributed by atoms with E-state index >= 15 is 4.39 Å². The van der Waals surface area contributed by atoms with E-state index in [2.05, 4.69) is 15.6 Å². The summed E-state index contributed by atoms with van der Waals surface area (Å²) in [4.78, 5) is 29.0. The summed E-state index contributed by atoms with van der Waals surface area (Å²) in [6, 6.07) is 19.3. The topological polar surface area (TPSA) is 80.1 Å². The Kier molecular flexibility index (Phi) is 6.64. The lowest BCUT2D eigenvalue weighted by Gasteiger charge is -2.34. The molecule has 0 fully saturated rings. The number of rotatable bonds is 6. The first kappa shape index (κ1) is 24.1. The van der Waals surface area contributed by atoms with Crippen LogP contribution in [-0.2, 0) is 16.1 Å². The Hall–Kier alpha value is -4.07. The number of nitrogens with zero attached hydrogens (tertiary/aromatic N) is 4. The van der Waals surface area contributed by atoms with E-state index in [9.17, 15) is 9.59 Å². The van der Waals surface area contributed by atoms with Crippen molar-refractivity contribution in [2.75, 3.05) is 4.90 Å². The summed E-state index contributed by atoms with van der Waals surface area (Å²) in [6.07, 6.45) is 0. The Balaban J connectivity index is 1.85. The van der Waals surface area contributed by atoms with Crippen molar-refractivity contribution in [3.63, 3.8) is 0 Å². The highest BCUT2D eigenvalue weighted by Crippen LogP contribution is 2.32. The Morgan fingerprint density at radius 1 is 1.00 bits per heavy atom. The quantitative estimate of drug-likeness (QED) is 0.445. The lowest BCUT2D eigenvalue weighted by molar-refractivity contribution is -0.128. The third kappa shape index (κ3) is 5.21. The summed E-state index contributed by atoms with van der Waals surface area (Å²) in [6.45, 7) is 7.18. The van der Waals surface area contributed by atoms with Crippen LogP contribution in [0.25, 0.3) is 11.0 Å². The van der Waals surface area contributed by atoms with Crippen molar-refractivity contribution >= 4 is 28.5 Å². The average molecular weight is 474 g/mol. The van der Waals surface area contributed by atoms with Gasteiger partial charge in [-0.2, -0.15) is 0 Å². The SMILES string of the molecule is Cc1ccccc1N(C(=O)Cn1nnc2ccccc21)[C@@H](C(=O)NC(C)(C)C)c1ccccc1F. The van der Waals surface area contributed by atoms with Gasteiger partial charge in [-0.15, -0.1) is 5.10 Å². The van der Waals surface area contributed by atoms with Crippen molar-refractivity contribution < 1.29 is 14.0 Å². The molecule has 0 bridgehead atoms. The van der Waals surface area contributed by atoms with Crippen LogP contribution in [0.5, 0.6) is 0 Å². The fraction of sp³-hybridized carbons (Fsp3) is 0.259. The van der Waals surface area contributed by atoms with Crippen LogP contribution in [0.1, 0.15) is 37.9 Å². The molecular formula is C27H28FN5O2. The van der Waals surface area contributed by atoms with Crippen molar-refractivity contribution in [2.24, 2.45) is 0 Å². The van der Waals surface area contributed by atoms with Crippen molar-refractivity contribution in [2.45, 2.75) is 45.8 Å². The highest BCUT2D eigenvalue weighted by molar-refractivity contribution is 6.02. The van der Waals surface area contributed by atoms with E-state index < -0.39 is 29.2 Å². The monoisotopic (exact) mass is 473 g/mol. The zero-order valence-corrected chi connectivity index (χ0v) is 20.2. The predicted molar refractivity (Wildman–Crippen MR) is 133 cm³/mol. The minimum atomic E-state index is -1.24. The second-order valence-electron chi connectivity index (χ2n) is 9.45. The number of amides is 2. The smallest absolute Gasteiger partial charge is 0.249 e. The van der Waals surface area contributed by atoms with Gasteiger partial charge in [-0.05, 0) is 57.5 Å². The van der Waals surface area contributed by atoms with Gasteiger partial charge in [-0.1, -0.05) is 53.7 Å². The van der Waals surface area contributed by atoms with E-state index in [-0.39, 0.29) is 12.1 Å². The van der Waals surface area contributed by atoms with Gasteiger partial charge in [0.25, 0.3) is 0 Å². The second-order valence-corrected chi connectivity index (χ2v) is 9.45. The summed E-state index contributed by atoms with van der Waals surface area (Å²) in [7, 11) is 0. The molecular weight excluding hydrogens is 445 g/mol. The first-order valence-electron chi connectivity index (χ1n) is 11.4. The molecule has 2 amide bonds. The van der Waals surface area contributed by atoms with Crippen LogP contribution in [0.3, 0.4) is 0 Å². The first-order chi connectivity index (χ1) is 16.7. The molecule has 1 aromatic heterocycles. The number of fused-ring (bicyclic) bond motifs is 1. The molecule has 4 rings (SSSR count). The van der Waals surface area contributed by atoms with Gasteiger partial charge in [0.15, 0.2) is 0 Å². The van der Waals surface area contributed by atoms with Crippen molar-refractivity contribution in [1.82, 2.24) is 20.3 Å². The highest BCUT2D eigenvalue weighted by Gasteiger charge is 2.36. The Bertz CT molecular complexity index is 1380. The number of hydrogen-bond donors (Lipinski definition) is 1. The molecule has 0 aliphatic carbocycles. The molecule has 0 aliphatic heterocycles. The van der Waals surface area contributed by atoms with Crippen LogP contribution in [0.2, 0.25) is 0 Å². The third-order valence-corrected chi connectivity index (χ3v) is 5.55. The molecule has 35 heavy (non-hydrogen) atoms. The maximum atomic E-state index is 15.1. The van der Waals surface area contributed by atoms with Crippen molar-refractivity contribution in [3.05, 3.63) is 89.7 Å². The van der Waals surface area contributed by atoms with Gasteiger partial charge in [0.2, 0.25) is 11.8 Å². The summed E-state index contributed by atoms with van der Waals surface area (Å²) in [5, 5.41) is 11.2. The molecule has 0 saturated heterocycles. The number of aromatic nitrogens is 3. The van der Waals surface area contributed by atoms with Gasteiger partial charge in [0, 0.05) is 16.8 Å². The number of halogens is 1. The molecule has 1 N–H and O–H groups in total. The number of para-hydroxylation sites is 2. The lowest BCUT2D eigenvalue weighted by Crippen LogP contribution is -2.50. The van der Waals surface area contributed by atoms with Gasteiger partial charge in [0.05, 0.1) is 5.52 Å². The van der Waals surface area contributed by atoms with Gasteiger partial charge in [-0.25, -0.2) is 9.07 Å². The average Bonchev–Trinajstić information content (AvgIpc) is 3.20. The normalized spacial score (nSPS) is 12.4. The molecule has 0 spiro atoms. The maximum Gasteiger partial charge on any atom is 0.249 e. The molecule has 7 nitrogen and oxygen atoms in total. The van der Waals surface area contributed by atoms with E-state index in [0.29, 0.717) is 16.7 Å². The molecule has 0 unspecified atom stereocenters. The zero-order chi connectivity index (χ0) is 25.2. The molecule has 180 valence electrons. The first-order valence-corrected chi connectivity index (χ1v) is 11.4. The van der Waals surface area contributed by atoms with Crippen molar-refractivity contribution in [3.8, 4) is 0 Å². The Morgan fingerprint density at radius 2 is 1.66 bits per heavy atom. The summed E-state index contributed by atoms with van der Waals surface area (Å²) < 4.78 is 16.6. The predicted octanol–water partition coefficient (Wildman–Crippen LogP) is 4.57. The number of nitrogens with one attached hydrogen (secondary N) is 1. The van der Waals surface area contributed by atoms with E-state index in [4.69, 9.17) is 0 Å². The summed E-state index contributed by atoms with van der Waals surface area (Å²) in [5.41, 5.74) is 2.14. The number of carbonyl (C=O) groups is 2. The van der Waals surface area contributed by atoms with Crippen LogP contribution < -0.4 is 10.2 Å². The molecule has 0 radical (unpaired) electrons. The fourth-order valence-electron chi connectivity index (χ4n) is 4.02. The van der Waals surface area contributed by atoms with Crippen LogP contribution >= 0.6 is 0 Å². The van der Waals surface area contributed by atoms with E-state index in [1.54, 1.807) is 30.3 Å². The molecule has 1 atom stereocenters. The van der Waals surface area contributed by atoms with Crippen LogP contribution in [0.15, 0.2) is 72.8 Å². The standard InChI is InChI=1S/C27H28FN5O2/c1-18-11-5-9-15-22(18)33(24(34)17-32-23-16-10-8-14-21(23)30-31-32)25(26(35)29-27(2,3)4)19-12-6-7-13-20(19)28/h5-16,25H,17H2,1-4H3,(H,29,35)/t25-/m1/s1. The van der Waals surface area contributed by atoms with Gasteiger partial charge < -0.3 is 5.32 Å². The summed E-state index contributed by atoms with van der Waals surface area (Å²) in [5.74, 6) is -1.48. The van der Waals surface area contributed by atoms with Crippen LogP contribution in [-0.4, -0.2) is 32.3 Å². The summed E-state index contributed by atoms with van der Waals surface area (Å²) >= 11 is 0. The lowest BCUT2D eigenvalue weighted by atomic mass is 9.99. The highest BCUT2D eigenvalue weighted by atomic mass is 19.1. The largest absolute Gasteiger partial charge is 0.349 e. The zero-order valence-electron chi connectivity index (χ0n) is 20.2. The number of aryl methyl sites for hydroxylation is 1. The second kappa shape index (κ2) is 9.66. The number of carbonyl (C=O) groups excluding carboxylic acids is 2. The number of hydrogen-bond acceptors (Lipinski definition) is 4. The van der Waals surface area contributed by atoms with Gasteiger partial charge in [-0.3, -0.25) is 14.5 Å². The number of anilines is 1.